The Morgan fingerprint density at radius 1 is 1.18 bits per heavy atom. The SMILES string of the molecule is Cc1cccc(C(=O)N2CC[C@H](C(Cc3ccc(F)cc3F)c3ccc(C#N)c(Cl)c3)C2)c1. The van der Waals surface area contributed by atoms with Crippen molar-refractivity contribution in [1.82, 2.24) is 4.90 Å². The van der Waals surface area contributed by atoms with Gasteiger partial charge in [0.1, 0.15) is 17.7 Å². The third-order valence-electron chi connectivity index (χ3n) is 6.34. The van der Waals surface area contributed by atoms with E-state index in [4.69, 9.17) is 11.6 Å². The predicted octanol–water partition coefficient (Wildman–Crippen LogP) is 6.29. The normalized spacial score (nSPS) is 16.5. The van der Waals surface area contributed by atoms with Crippen LogP contribution < -0.4 is 0 Å². The molecule has 0 aliphatic carbocycles. The number of carbonyl (C=O) groups is 1. The van der Waals surface area contributed by atoms with Crippen LogP contribution in [-0.2, 0) is 6.42 Å². The van der Waals surface area contributed by atoms with Crippen LogP contribution in [0.5, 0.6) is 0 Å². The second kappa shape index (κ2) is 9.72. The van der Waals surface area contributed by atoms with Crippen molar-refractivity contribution in [2.75, 3.05) is 13.1 Å². The average molecular weight is 465 g/mol. The highest BCUT2D eigenvalue weighted by Gasteiger charge is 2.34. The molecule has 3 aromatic rings. The summed E-state index contributed by atoms with van der Waals surface area (Å²) >= 11 is 6.30. The Morgan fingerprint density at radius 3 is 2.70 bits per heavy atom. The highest BCUT2D eigenvalue weighted by molar-refractivity contribution is 6.31. The van der Waals surface area contributed by atoms with Gasteiger partial charge in [-0.3, -0.25) is 4.79 Å². The van der Waals surface area contributed by atoms with Gasteiger partial charge < -0.3 is 4.90 Å². The van der Waals surface area contributed by atoms with E-state index in [-0.39, 0.29) is 17.7 Å². The van der Waals surface area contributed by atoms with Crippen LogP contribution in [0, 0.1) is 35.8 Å². The first kappa shape index (κ1) is 22.9. The van der Waals surface area contributed by atoms with Gasteiger partial charge in [-0.15, -0.1) is 0 Å². The lowest BCUT2D eigenvalue weighted by Gasteiger charge is -2.25. The van der Waals surface area contributed by atoms with Gasteiger partial charge in [-0.05, 0) is 73.1 Å². The number of halogens is 3. The zero-order valence-electron chi connectivity index (χ0n) is 18.2. The van der Waals surface area contributed by atoms with Gasteiger partial charge in [-0.25, -0.2) is 8.78 Å². The third-order valence-corrected chi connectivity index (χ3v) is 6.66. The molecule has 168 valence electrons. The number of likely N-dealkylation sites (tertiary alicyclic amines) is 1. The number of nitriles is 1. The molecule has 0 spiro atoms. The van der Waals surface area contributed by atoms with Crippen molar-refractivity contribution in [3.63, 3.8) is 0 Å². The predicted molar refractivity (Wildman–Crippen MR) is 124 cm³/mol. The molecule has 1 aliphatic heterocycles. The van der Waals surface area contributed by atoms with E-state index in [1.165, 1.54) is 12.1 Å². The van der Waals surface area contributed by atoms with Gasteiger partial charge in [0.05, 0.1) is 10.6 Å². The minimum Gasteiger partial charge on any atom is -0.338 e. The van der Waals surface area contributed by atoms with Crippen molar-refractivity contribution in [2.45, 2.75) is 25.7 Å². The first-order valence-corrected chi connectivity index (χ1v) is 11.2. The lowest BCUT2D eigenvalue weighted by molar-refractivity contribution is 0.0785. The van der Waals surface area contributed by atoms with Crippen LogP contribution in [0.4, 0.5) is 8.78 Å². The molecule has 1 amide bonds. The highest BCUT2D eigenvalue weighted by atomic mass is 35.5. The standard InChI is InChI=1S/C27H23ClF2N2O/c1-17-3-2-4-20(11-17)27(33)32-10-9-22(16-32)24(12-19-7-8-23(29)14-26(19)30)18-5-6-21(15-31)25(28)13-18/h2-8,11,13-14,22,24H,9-10,12,16H2,1H3/t22-,24?/m0/s1. The largest absolute Gasteiger partial charge is 0.338 e. The van der Waals surface area contributed by atoms with Crippen molar-refractivity contribution < 1.29 is 13.6 Å². The molecule has 1 aliphatic rings. The smallest absolute Gasteiger partial charge is 0.253 e. The molecule has 2 atom stereocenters. The topological polar surface area (TPSA) is 44.1 Å². The molecule has 0 aromatic heterocycles. The van der Waals surface area contributed by atoms with Crippen LogP contribution in [0.25, 0.3) is 0 Å². The summed E-state index contributed by atoms with van der Waals surface area (Å²) in [4.78, 5) is 14.9. The van der Waals surface area contributed by atoms with Crippen LogP contribution >= 0.6 is 11.6 Å². The molecule has 1 unspecified atom stereocenters. The Balaban J connectivity index is 1.62. The minimum absolute atomic E-state index is 0.0224. The highest BCUT2D eigenvalue weighted by Crippen LogP contribution is 2.37. The number of hydrogen-bond donors (Lipinski definition) is 0. The Kier molecular flexibility index (Phi) is 6.76. The fourth-order valence-corrected chi connectivity index (χ4v) is 4.83. The van der Waals surface area contributed by atoms with Crippen LogP contribution in [0.1, 0.15) is 45.0 Å². The lowest BCUT2D eigenvalue weighted by Crippen LogP contribution is -2.30. The van der Waals surface area contributed by atoms with Gasteiger partial charge in [-0.1, -0.05) is 41.4 Å². The van der Waals surface area contributed by atoms with E-state index < -0.39 is 11.6 Å². The number of amides is 1. The summed E-state index contributed by atoms with van der Waals surface area (Å²) < 4.78 is 27.9. The summed E-state index contributed by atoms with van der Waals surface area (Å²) in [6, 6.07) is 18.4. The Bertz CT molecular complexity index is 1240. The quantitative estimate of drug-likeness (QED) is 0.445. The molecule has 1 heterocycles. The molecule has 0 saturated carbocycles. The van der Waals surface area contributed by atoms with Gasteiger partial charge in [0.25, 0.3) is 5.91 Å². The van der Waals surface area contributed by atoms with Crippen LogP contribution in [0.3, 0.4) is 0 Å². The van der Waals surface area contributed by atoms with Gasteiger partial charge in [0, 0.05) is 24.7 Å². The van der Waals surface area contributed by atoms with E-state index in [9.17, 15) is 18.8 Å². The van der Waals surface area contributed by atoms with Crippen LogP contribution in [-0.4, -0.2) is 23.9 Å². The molecule has 33 heavy (non-hydrogen) atoms. The van der Waals surface area contributed by atoms with Crippen molar-refractivity contribution >= 4 is 17.5 Å². The van der Waals surface area contributed by atoms with E-state index >= 15 is 0 Å². The number of aryl methyl sites for hydroxylation is 1. The molecular formula is C27H23ClF2N2O. The number of carbonyl (C=O) groups excluding carboxylic acids is 1. The molecule has 6 heteroatoms. The fraction of sp³-hybridized carbons (Fsp3) is 0.259. The molecule has 0 radical (unpaired) electrons. The van der Waals surface area contributed by atoms with E-state index in [1.807, 2.05) is 42.2 Å². The van der Waals surface area contributed by atoms with Gasteiger partial charge in [-0.2, -0.15) is 5.26 Å². The van der Waals surface area contributed by atoms with E-state index in [0.29, 0.717) is 41.2 Å². The maximum Gasteiger partial charge on any atom is 0.253 e. The van der Waals surface area contributed by atoms with Crippen LogP contribution in [0.15, 0.2) is 60.7 Å². The molecule has 4 rings (SSSR count). The Morgan fingerprint density at radius 2 is 2.00 bits per heavy atom. The summed E-state index contributed by atoms with van der Waals surface area (Å²) in [6.45, 7) is 3.08. The zero-order chi connectivity index (χ0) is 23.5. The number of benzene rings is 3. The van der Waals surface area contributed by atoms with Crippen molar-refractivity contribution in [3.8, 4) is 6.07 Å². The minimum atomic E-state index is -0.620. The third kappa shape index (κ3) is 5.07. The second-order valence-corrected chi connectivity index (χ2v) is 8.97. The molecule has 1 saturated heterocycles. The first-order chi connectivity index (χ1) is 15.9. The number of nitrogens with zero attached hydrogens (tertiary/aromatic N) is 2. The summed E-state index contributed by atoms with van der Waals surface area (Å²) in [5, 5.41) is 9.56. The average Bonchev–Trinajstić information content (AvgIpc) is 3.28. The maximum absolute atomic E-state index is 14.5. The first-order valence-electron chi connectivity index (χ1n) is 10.8. The second-order valence-electron chi connectivity index (χ2n) is 8.57. The molecule has 0 N–H and O–H groups in total. The zero-order valence-corrected chi connectivity index (χ0v) is 18.9. The van der Waals surface area contributed by atoms with E-state index in [2.05, 4.69) is 6.07 Å². The summed E-state index contributed by atoms with van der Waals surface area (Å²) in [5.41, 5.74) is 3.32. The molecular weight excluding hydrogens is 442 g/mol. The van der Waals surface area contributed by atoms with Gasteiger partial charge in [0.15, 0.2) is 0 Å². The number of rotatable bonds is 5. The molecule has 3 nitrogen and oxygen atoms in total. The fourth-order valence-electron chi connectivity index (χ4n) is 4.59. The van der Waals surface area contributed by atoms with E-state index in [1.54, 1.807) is 12.1 Å². The van der Waals surface area contributed by atoms with Crippen LogP contribution in [0.2, 0.25) is 5.02 Å². The van der Waals surface area contributed by atoms with Gasteiger partial charge in [0.2, 0.25) is 0 Å². The Labute approximate surface area is 197 Å². The summed E-state index contributed by atoms with van der Waals surface area (Å²) in [6.07, 6.45) is 1.09. The lowest BCUT2D eigenvalue weighted by atomic mass is 9.80. The summed E-state index contributed by atoms with van der Waals surface area (Å²) in [7, 11) is 0. The monoisotopic (exact) mass is 464 g/mol. The Hall–Kier alpha value is -3.23. The van der Waals surface area contributed by atoms with Crippen molar-refractivity contribution in [1.29, 1.82) is 5.26 Å². The molecule has 0 bridgehead atoms. The van der Waals surface area contributed by atoms with Crippen molar-refractivity contribution in [3.05, 3.63) is 105 Å². The maximum atomic E-state index is 14.5. The molecule has 1 fully saturated rings. The number of hydrogen-bond acceptors (Lipinski definition) is 2. The molecule has 3 aromatic carbocycles. The van der Waals surface area contributed by atoms with Gasteiger partial charge >= 0.3 is 0 Å². The summed E-state index contributed by atoms with van der Waals surface area (Å²) in [5.74, 6) is -1.32. The van der Waals surface area contributed by atoms with Crippen molar-refractivity contribution in [2.24, 2.45) is 5.92 Å². The van der Waals surface area contributed by atoms with E-state index in [0.717, 1.165) is 23.6 Å².